The molecular weight excluding hydrogens is 734 g/mol. The Morgan fingerprint density at radius 2 is 1.82 bits per heavy atom. The minimum absolute atomic E-state index is 0.0773. The van der Waals surface area contributed by atoms with E-state index in [1.165, 1.54) is 46.9 Å². The molecule has 1 amide bonds. The molecule has 16 heteroatoms. The fourth-order valence-electron chi connectivity index (χ4n) is 5.54. The molecule has 5 rings (SSSR count). The molecule has 5 aromatic rings. The van der Waals surface area contributed by atoms with Crippen molar-refractivity contribution < 1.29 is 31.0 Å². The van der Waals surface area contributed by atoms with E-state index in [1.807, 2.05) is 33.3 Å². The molecule has 0 aliphatic rings. The molecular formula is C39H44F3N8O4S+. The number of oxazole rings is 1. The lowest BCUT2D eigenvalue weighted by molar-refractivity contribution is -0.884. The van der Waals surface area contributed by atoms with Gasteiger partial charge in [-0.1, -0.05) is 31.7 Å². The highest BCUT2D eigenvalue weighted by atomic mass is 32.2. The number of carbonyl (C=O) groups excluding carboxylic acids is 1. The summed E-state index contributed by atoms with van der Waals surface area (Å²) in [7, 11) is 7.63. The highest BCUT2D eigenvalue weighted by Gasteiger charge is 2.35. The molecule has 0 unspecified atom stereocenters. The van der Waals surface area contributed by atoms with Crippen molar-refractivity contribution in [1.82, 2.24) is 29.2 Å². The molecule has 0 saturated heterocycles. The molecule has 0 bridgehead atoms. The maximum absolute atomic E-state index is 14.1. The maximum Gasteiger partial charge on any atom is 0.416 e. The number of allylic oxidation sites excluding steroid dienone is 3. The second kappa shape index (κ2) is 17.2. The molecule has 0 radical (unpaired) electrons. The van der Waals surface area contributed by atoms with E-state index in [4.69, 9.17) is 8.60 Å². The van der Waals surface area contributed by atoms with Gasteiger partial charge in [0.1, 0.15) is 17.8 Å². The molecule has 0 spiro atoms. The summed E-state index contributed by atoms with van der Waals surface area (Å²) in [6.45, 7) is 11.1. The summed E-state index contributed by atoms with van der Waals surface area (Å²) in [6, 6.07) is 13.6. The number of amides is 1. The fourth-order valence-corrected chi connectivity index (χ4v) is 6.03. The molecule has 55 heavy (non-hydrogen) atoms. The normalized spacial score (nSPS) is 12.1. The lowest BCUT2D eigenvalue weighted by Gasteiger charge is -2.24. The number of hydrogen-bond donors (Lipinski definition) is 1. The summed E-state index contributed by atoms with van der Waals surface area (Å²) in [4.78, 5) is 33.7. The van der Waals surface area contributed by atoms with Crippen molar-refractivity contribution in [1.29, 1.82) is 5.26 Å². The van der Waals surface area contributed by atoms with Gasteiger partial charge < -0.3 is 18.4 Å². The topological polar surface area (TPSA) is 133 Å². The third kappa shape index (κ3) is 10.1. The van der Waals surface area contributed by atoms with Gasteiger partial charge in [-0.3, -0.25) is 4.57 Å². The number of hydrogen-bond acceptors (Lipinski definition) is 8. The van der Waals surface area contributed by atoms with Crippen LogP contribution >= 0.6 is 12.0 Å². The van der Waals surface area contributed by atoms with Gasteiger partial charge in [-0.05, 0) is 75.7 Å². The predicted octanol–water partition coefficient (Wildman–Crippen LogP) is 8.14. The van der Waals surface area contributed by atoms with E-state index in [0.717, 1.165) is 27.7 Å². The number of halogens is 3. The first-order valence-corrected chi connectivity index (χ1v) is 17.8. The average Bonchev–Trinajstić information content (AvgIpc) is 3.85. The Hall–Kier alpha value is -5.63. The smallest absolute Gasteiger partial charge is 0.416 e. The van der Waals surface area contributed by atoms with Crippen molar-refractivity contribution in [3.63, 3.8) is 0 Å². The molecule has 2 aromatic carbocycles. The number of nitrogens with zero attached hydrogens (tertiary/aromatic N) is 7. The zero-order chi connectivity index (χ0) is 40.7. The van der Waals surface area contributed by atoms with Crippen LogP contribution in [0.4, 0.5) is 18.0 Å². The van der Waals surface area contributed by atoms with Crippen LogP contribution in [0, 0.1) is 18.3 Å². The number of alkyl halides is 3. The van der Waals surface area contributed by atoms with Crippen LogP contribution in [0.5, 0.6) is 0 Å². The molecule has 0 fully saturated rings. The van der Waals surface area contributed by atoms with E-state index in [0.29, 0.717) is 33.7 Å². The lowest BCUT2D eigenvalue weighted by atomic mass is 10.1. The van der Waals surface area contributed by atoms with E-state index in [1.54, 1.807) is 63.6 Å². The fraction of sp³-hybridized carbons (Fsp3) is 0.308. The van der Waals surface area contributed by atoms with Gasteiger partial charge in [-0.2, -0.15) is 23.5 Å². The van der Waals surface area contributed by atoms with Crippen LogP contribution < -0.4 is 11.0 Å². The molecule has 1 N–H and O–H groups in total. The number of quaternary nitrogens is 1. The highest BCUT2D eigenvalue weighted by Crippen LogP contribution is 2.32. The number of nitriles is 1. The SMILES string of the molecule is C=C/C=C(\CC)SOC.Cc1c(-c2ccnn2-c2ccc(C#N)cc2)n(C(=O)NC(C)(C)c2ncc(C[N+](C)(C)C)o2)c(=O)n1-c1cccc(C(F)(F)F)c1. The van der Waals surface area contributed by atoms with Crippen molar-refractivity contribution in [2.45, 2.75) is 52.4 Å². The number of rotatable bonds is 11. The summed E-state index contributed by atoms with van der Waals surface area (Å²) < 4.78 is 55.7. The molecule has 3 aromatic heterocycles. The van der Waals surface area contributed by atoms with Crippen molar-refractivity contribution in [3.05, 3.63) is 130 Å². The third-order valence-corrected chi connectivity index (χ3v) is 8.83. The van der Waals surface area contributed by atoms with Crippen LogP contribution in [-0.4, -0.2) is 62.7 Å². The van der Waals surface area contributed by atoms with Crippen molar-refractivity contribution in [2.24, 2.45) is 0 Å². The average molecular weight is 778 g/mol. The quantitative estimate of drug-likeness (QED) is 0.0808. The predicted molar refractivity (Wildman–Crippen MR) is 205 cm³/mol. The lowest BCUT2D eigenvalue weighted by Crippen LogP contribution is -2.46. The number of carbonyl (C=O) groups is 1. The number of nitrogens with one attached hydrogen (secondary N) is 1. The summed E-state index contributed by atoms with van der Waals surface area (Å²) in [5.41, 5.74) is -1.60. The van der Waals surface area contributed by atoms with Crippen LogP contribution in [-0.2, 0) is 22.4 Å². The molecule has 0 atom stereocenters. The van der Waals surface area contributed by atoms with E-state index < -0.39 is 29.0 Å². The summed E-state index contributed by atoms with van der Waals surface area (Å²) >= 11 is 1.39. The second-order valence-corrected chi connectivity index (χ2v) is 14.9. The van der Waals surface area contributed by atoms with Gasteiger partial charge in [0.05, 0.1) is 80.6 Å². The molecule has 290 valence electrons. The van der Waals surface area contributed by atoms with Crippen molar-refractivity contribution >= 4 is 18.1 Å². The molecule has 0 aliphatic carbocycles. The van der Waals surface area contributed by atoms with Gasteiger partial charge in [-0.25, -0.2) is 23.8 Å². The minimum Gasteiger partial charge on any atom is -0.437 e. The Labute approximate surface area is 322 Å². The second-order valence-electron chi connectivity index (χ2n) is 13.8. The molecule has 0 saturated carbocycles. The first kappa shape index (κ1) is 42.1. The van der Waals surface area contributed by atoms with Crippen LogP contribution in [0.3, 0.4) is 0 Å². The van der Waals surface area contributed by atoms with Gasteiger partial charge in [0.15, 0.2) is 5.76 Å². The molecule has 3 heterocycles. The Morgan fingerprint density at radius 1 is 1.13 bits per heavy atom. The maximum atomic E-state index is 14.1. The van der Waals surface area contributed by atoms with E-state index in [9.17, 15) is 28.0 Å². The Bertz CT molecular complexity index is 2270. The Morgan fingerprint density at radius 3 is 2.40 bits per heavy atom. The van der Waals surface area contributed by atoms with E-state index in [2.05, 4.69) is 28.9 Å². The summed E-state index contributed by atoms with van der Waals surface area (Å²) in [6.07, 6.45) is 3.11. The Balaban J connectivity index is 0.000000665. The largest absolute Gasteiger partial charge is 0.437 e. The minimum atomic E-state index is -4.66. The molecule has 0 aliphatic heterocycles. The molecule has 12 nitrogen and oxygen atoms in total. The third-order valence-electron chi connectivity index (χ3n) is 8.03. The summed E-state index contributed by atoms with van der Waals surface area (Å²) in [5.74, 6) is 0.802. The van der Waals surface area contributed by atoms with Gasteiger partial charge in [0.25, 0.3) is 0 Å². The van der Waals surface area contributed by atoms with Gasteiger partial charge in [0.2, 0.25) is 5.89 Å². The van der Waals surface area contributed by atoms with E-state index in [-0.39, 0.29) is 23.0 Å². The summed E-state index contributed by atoms with van der Waals surface area (Å²) in [5, 5.41) is 16.4. The van der Waals surface area contributed by atoms with Gasteiger partial charge in [0, 0.05) is 16.9 Å². The van der Waals surface area contributed by atoms with Crippen LogP contribution in [0.2, 0.25) is 0 Å². The van der Waals surface area contributed by atoms with Crippen LogP contribution in [0.1, 0.15) is 55.7 Å². The Kier molecular flexibility index (Phi) is 13.2. The standard InChI is InChI=1S/C32H31F3N8O3.C7H12OS/c1-20-27(26-14-15-38-42(26)23-12-10-21(17-36)11-13-23)41(30(45)40(20)24-9-7-8-22(16-24)32(33,34)35)29(44)39-31(2,3)28-37-18-25(46-28)19-43(4,5)6;1-4-6-7(5-2)9-8-3/h7-16,18H,19H2,1-6H3;4,6H,1,5H2,2-3H3/p+1/b;7-6+. The number of imidazole rings is 1. The van der Waals surface area contributed by atoms with Crippen LogP contribution in [0.15, 0.2) is 99.8 Å². The zero-order valence-corrected chi connectivity index (χ0v) is 32.7. The zero-order valence-electron chi connectivity index (χ0n) is 31.9. The first-order chi connectivity index (χ1) is 25.8. The first-order valence-electron chi connectivity index (χ1n) is 17.0. The van der Waals surface area contributed by atoms with Crippen molar-refractivity contribution in [3.8, 4) is 28.8 Å². The van der Waals surface area contributed by atoms with Gasteiger partial charge in [-0.15, -0.1) is 0 Å². The number of benzene rings is 2. The number of aromatic nitrogens is 5. The van der Waals surface area contributed by atoms with Gasteiger partial charge >= 0.3 is 17.9 Å². The highest BCUT2D eigenvalue weighted by molar-refractivity contribution is 7.98. The monoisotopic (exact) mass is 777 g/mol. The van der Waals surface area contributed by atoms with E-state index >= 15 is 0 Å². The van der Waals surface area contributed by atoms with Crippen LogP contribution in [0.25, 0.3) is 22.8 Å². The van der Waals surface area contributed by atoms with Crippen molar-refractivity contribution in [2.75, 3.05) is 28.3 Å².